The van der Waals surface area contributed by atoms with Crippen molar-refractivity contribution in [3.63, 3.8) is 0 Å². The van der Waals surface area contributed by atoms with Crippen molar-refractivity contribution in [2.75, 3.05) is 33.5 Å². The molecule has 1 aromatic rings. The van der Waals surface area contributed by atoms with E-state index < -0.39 is 0 Å². The van der Waals surface area contributed by atoms with Gasteiger partial charge in [-0.1, -0.05) is 28.1 Å². The van der Waals surface area contributed by atoms with Gasteiger partial charge in [-0.3, -0.25) is 0 Å². The molecule has 0 radical (unpaired) electrons. The van der Waals surface area contributed by atoms with Gasteiger partial charge in [0, 0.05) is 37.4 Å². The summed E-state index contributed by atoms with van der Waals surface area (Å²) < 4.78 is 11.6. The largest absolute Gasteiger partial charge is 0.385 e. The van der Waals surface area contributed by atoms with Gasteiger partial charge < -0.3 is 14.8 Å². The topological polar surface area (TPSA) is 30.5 Å². The van der Waals surface area contributed by atoms with E-state index in [-0.39, 0.29) is 0 Å². The lowest BCUT2D eigenvalue weighted by atomic mass is 10.1. The molecular formula is C14H22BrNO2. The highest BCUT2D eigenvalue weighted by Gasteiger charge is 2.03. The number of ether oxygens (including phenoxy) is 2. The second kappa shape index (κ2) is 9.50. The Kier molecular flexibility index (Phi) is 8.25. The molecule has 0 heterocycles. The van der Waals surface area contributed by atoms with E-state index in [9.17, 15) is 0 Å². The summed E-state index contributed by atoms with van der Waals surface area (Å²) in [6.45, 7) is 5.30. The average Bonchev–Trinajstić information content (AvgIpc) is 2.38. The highest BCUT2D eigenvalue weighted by Crippen LogP contribution is 2.16. The monoisotopic (exact) mass is 315 g/mol. The van der Waals surface area contributed by atoms with Gasteiger partial charge in [0.25, 0.3) is 0 Å². The van der Waals surface area contributed by atoms with E-state index in [4.69, 9.17) is 9.47 Å². The Morgan fingerprint density at radius 1 is 1.17 bits per heavy atom. The Balaban J connectivity index is 2.10. The number of methoxy groups -OCH3 is 1. The molecule has 0 aliphatic carbocycles. The number of hydrogen-bond donors (Lipinski definition) is 1. The Hall–Kier alpha value is -0.420. The third kappa shape index (κ3) is 6.50. The number of nitrogens with one attached hydrogen (secondary N) is 1. The van der Waals surface area contributed by atoms with E-state index in [0.717, 1.165) is 37.3 Å². The van der Waals surface area contributed by atoms with E-state index in [1.807, 2.05) is 0 Å². The molecule has 1 atom stereocenters. The molecule has 0 amide bonds. The van der Waals surface area contributed by atoms with Crippen LogP contribution in [0.25, 0.3) is 0 Å². The molecule has 0 saturated heterocycles. The maximum atomic E-state index is 5.49. The predicted molar refractivity (Wildman–Crippen MR) is 77.9 cm³/mol. The zero-order chi connectivity index (χ0) is 13.2. The van der Waals surface area contributed by atoms with Gasteiger partial charge in [0.15, 0.2) is 0 Å². The lowest BCUT2D eigenvalue weighted by Crippen LogP contribution is -2.23. The summed E-state index contributed by atoms with van der Waals surface area (Å²) in [5, 5.41) is 3.44. The van der Waals surface area contributed by atoms with E-state index in [1.54, 1.807) is 7.11 Å². The molecule has 1 N–H and O–H groups in total. The molecule has 0 saturated carbocycles. The van der Waals surface area contributed by atoms with Crippen LogP contribution in [0.4, 0.5) is 0 Å². The van der Waals surface area contributed by atoms with Crippen LogP contribution < -0.4 is 5.32 Å². The molecule has 0 bridgehead atoms. The van der Waals surface area contributed by atoms with Crippen LogP contribution >= 0.6 is 15.9 Å². The van der Waals surface area contributed by atoms with Crippen molar-refractivity contribution in [2.45, 2.75) is 19.4 Å². The van der Waals surface area contributed by atoms with Crippen molar-refractivity contribution in [1.82, 2.24) is 5.32 Å². The van der Waals surface area contributed by atoms with E-state index >= 15 is 0 Å². The molecule has 3 nitrogen and oxygen atoms in total. The van der Waals surface area contributed by atoms with Crippen LogP contribution in [0.3, 0.4) is 0 Å². The summed E-state index contributed by atoms with van der Waals surface area (Å²) in [4.78, 5) is 0. The molecule has 0 aliphatic heterocycles. The lowest BCUT2D eigenvalue weighted by Gasteiger charge is -2.14. The Morgan fingerprint density at radius 2 is 1.89 bits per heavy atom. The molecule has 4 heteroatoms. The number of hydrogen-bond acceptors (Lipinski definition) is 3. The number of rotatable bonds is 9. The summed E-state index contributed by atoms with van der Waals surface area (Å²) in [5.41, 5.74) is 1.29. The van der Waals surface area contributed by atoms with Gasteiger partial charge in [-0.05, 0) is 31.0 Å². The Bertz CT molecular complexity index is 316. The van der Waals surface area contributed by atoms with Gasteiger partial charge in [0.05, 0.1) is 6.61 Å². The second-order valence-electron chi connectivity index (χ2n) is 4.19. The van der Waals surface area contributed by atoms with Crippen molar-refractivity contribution in [1.29, 1.82) is 0 Å². The van der Waals surface area contributed by atoms with Gasteiger partial charge in [-0.2, -0.15) is 0 Å². The van der Waals surface area contributed by atoms with Crippen LogP contribution in [0.1, 0.15) is 24.9 Å². The lowest BCUT2D eigenvalue weighted by molar-refractivity contribution is 0.103. The van der Waals surface area contributed by atoms with Crippen molar-refractivity contribution in [3.05, 3.63) is 34.3 Å². The average molecular weight is 316 g/mol. The first-order valence-electron chi connectivity index (χ1n) is 6.29. The highest BCUT2D eigenvalue weighted by atomic mass is 79.9. The summed E-state index contributed by atoms with van der Waals surface area (Å²) in [5.74, 6) is 0. The third-order valence-electron chi connectivity index (χ3n) is 2.70. The molecule has 102 valence electrons. The first-order chi connectivity index (χ1) is 8.74. The SMILES string of the molecule is COCCCOCCN[C@@H](C)c1ccc(Br)cc1. The van der Waals surface area contributed by atoms with Crippen molar-refractivity contribution in [2.24, 2.45) is 0 Å². The van der Waals surface area contributed by atoms with E-state index in [1.165, 1.54) is 5.56 Å². The molecule has 0 aliphatic rings. The maximum Gasteiger partial charge on any atom is 0.0591 e. The number of benzene rings is 1. The zero-order valence-electron chi connectivity index (χ0n) is 11.1. The minimum Gasteiger partial charge on any atom is -0.385 e. The maximum absolute atomic E-state index is 5.49. The van der Waals surface area contributed by atoms with Gasteiger partial charge in [-0.15, -0.1) is 0 Å². The molecule has 0 spiro atoms. The fourth-order valence-electron chi connectivity index (χ4n) is 1.62. The minimum atomic E-state index is 0.348. The van der Waals surface area contributed by atoms with Crippen molar-refractivity contribution < 1.29 is 9.47 Å². The molecule has 0 aromatic heterocycles. The minimum absolute atomic E-state index is 0.348. The fraction of sp³-hybridized carbons (Fsp3) is 0.571. The van der Waals surface area contributed by atoms with Crippen LogP contribution in [0, 0.1) is 0 Å². The van der Waals surface area contributed by atoms with Gasteiger partial charge in [-0.25, -0.2) is 0 Å². The van der Waals surface area contributed by atoms with Gasteiger partial charge in [0.2, 0.25) is 0 Å². The second-order valence-corrected chi connectivity index (χ2v) is 5.10. The van der Waals surface area contributed by atoms with Crippen LogP contribution in [0.5, 0.6) is 0 Å². The summed E-state index contributed by atoms with van der Waals surface area (Å²) >= 11 is 3.44. The standard InChI is InChI=1S/C14H22BrNO2/c1-12(13-4-6-14(15)7-5-13)16-8-11-18-10-3-9-17-2/h4-7,12,16H,3,8-11H2,1-2H3/t12-/m0/s1. The first kappa shape index (κ1) is 15.6. The normalized spacial score (nSPS) is 12.6. The highest BCUT2D eigenvalue weighted by molar-refractivity contribution is 9.10. The predicted octanol–water partition coefficient (Wildman–Crippen LogP) is 3.15. The first-order valence-corrected chi connectivity index (χ1v) is 7.09. The molecule has 1 aromatic carbocycles. The van der Waals surface area contributed by atoms with Crippen LogP contribution in [-0.2, 0) is 9.47 Å². The molecular weight excluding hydrogens is 294 g/mol. The van der Waals surface area contributed by atoms with E-state index in [2.05, 4.69) is 52.4 Å². The van der Waals surface area contributed by atoms with Crippen LogP contribution in [0.2, 0.25) is 0 Å². The molecule has 1 rings (SSSR count). The summed E-state index contributed by atoms with van der Waals surface area (Å²) in [7, 11) is 1.71. The Morgan fingerprint density at radius 3 is 2.56 bits per heavy atom. The smallest absolute Gasteiger partial charge is 0.0591 e. The van der Waals surface area contributed by atoms with Crippen molar-refractivity contribution in [3.8, 4) is 0 Å². The molecule has 0 fully saturated rings. The van der Waals surface area contributed by atoms with Gasteiger partial charge in [0.1, 0.15) is 0 Å². The van der Waals surface area contributed by atoms with E-state index in [0.29, 0.717) is 6.04 Å². The number of halogens is 1. The zero-order valence-corrected chi connectivity index (χ0v) is 12.7. The third-order valence-corrected chi connectivity index (χ3v) is 3.23. The van der Waals surface area contributed by atoms with Gasteiger partial charge >= 0.3 is 0 Å². The summed E-state index contributed by atoms with van der Waals surface area (Å²) in [6.07, 6.45) is 0.957. The Labute approximate surface area is 118 Å². The van der Waals surface area contributed by atoms with Crippen molar-refractivity contribution >= 4 is 15.9 Å². The quantitative estimate of drug-likeness (QED) is 0.710. The van der Waals surface area contributed by atoms with Crippen LogP contribution in [-0.4, -0.2) is 33.5 Å². The van der Waals surface area contributed by atoms with Crippen LogP contribution in [0.15, 0.2) is 28.7 Å². The molecule has 18 heavy (non-hydrogen) atoms. The molecule has 0 unspecified atom stereocenters. The summed E-state index contributed by atoms with van der Waals surface area (Å²) in [6, 6.07) is 8.73. The fourth-order valence-corrected chi connectivity index (χ4v) is 1.89.